The molecule has 1 aliphatic rings. The molecule has 0 unspecified atom stereocenters. The van der Waals surface area contributed by atoms with Crippen LogP contribution < -0.4 is 0 Å². The molecule has 1 saturated heterocycles. The van der Waals surface area contributed by atoms with Crippen molar-refractivity contribution in [1.29, 1.82) is 0 Å². The van der Waals surface area contributed by atoms with E-state index in [0.717, 1.165) is 12.3 Å². The Hall–Kier alpha value is -0.120. The van der Waals surface area contributed by atoms with Crippen LogP contribution in [0.15, 0.2) is 0 Å². The first-order chi connectivity index (χ1) is 10.1. The summed E-state index contributed by atoms with van der Waals surface area (Å²) in [6.07, 6.45) is 18.1. The minimum Gasteiger partial charge on any atom is -0.340 e. The van der Waals surface area contributed by atoms with Crippen LogP contribution in [0.5, 0.6) is 0 Å². The molecule has 0 radical (unpaired) electrons. The molecule has 0 aromatic carbocycles. The van der Waals surface area contributed by atoms with E-state index < -0.39 is 5.97 Å². The smallest absolute Gasteiger partial charge is 0.337 e. The summed E-state index contributed by atoms with van der Waals surface area (Å²) in [5, 5.41) is 9.29. The van der Waals surface area contributed by atoms with Gasteiger partial charge in [0.1, 0.15) is 0 Å². The highest BCUT2D eigenvalue weighted by Gasteiger charge is 2.46. The van der Waals surface area contributed by atoms with Crippen LogP contribution in [0.4, 0.5) is 0 Å². The van der Waals surface area contributed by atoms with Gasteiger partial charge < -0.3 is 5.11 Å². The van der Waals surface area contributed by atoms with E-state index in [-0.39, 0.29) is 0 Å². The molecule has 21 heavy (non-hydrogen) atoms. The lowest BCUT2D eigenvalue weighted by atomic mass is 10.0. The highest BCUT2D eigenvalue weighted by atomic mass is 17.4. The molecule has 0 aromatic heterocycles. The Morgan fingerprint density at radius 2 is 1.05 bits per heavy atom. The minimum atomic E-state index is -1.21. The van der Waals surface area contributed by atoms with E-state index in [1.54, 1.807) is 0 Å². The maximum absolute atomic E-state index is 9.29. The Kier molecular flexibility index (Phi) is 10.3. The molecule has 126 valence electrons. The van der Waals surface area contributed by atoms with Crippen molar-refractivity contribution in [3.63, 3.8) is 0 Å². The van der Waals surface area contributed by atoms with Crippen LogP contribution in [0.3, 0.4) is 0 Å². The summed E-state index contributed by atoms with van der Waals surface area (Å²) in [7, 11) is 0. The van der Waals surface area contributed by atoms with E-state index in [1.807, 2.05) is 0 Å². The van der Waals surface area contributed by atoms with Crippen LogP contribution in [0.2, 0.25) is 0 Å². The third-order valence-corrected chi connectivity index (χ3v) is 4.30. The van der Waals surface area contributed by atoms with E-state index in [9.17, 15) is 5.11 Å². The van der Waals surface area contributed by atoms with Gasteiger partial charge in [-0.15, -0.1) is 0 Å². The maximum Gasteiger partial charge on any atom is 0.337 e. The molecule has 0 saturated carbocycles. The van der Waals surface area contributed by atoms with Crippen molar-refractivity contribution in [1.82, 2.24) is 0 Å². The van der Waals surface area contributed by atoms with E-state index >= 15 is 0 Å². The molecule has 0 spiro atoms. The summed E-state index contributed by atoms with van der Waals surface area (Å²) < 4.78 is 0. The molecule has 0 aromatic rings. The van der Waals surface area contributed by atoms with E-state index in [4.69, 9.17) is 0 Å². The lowest BCUT2D eigenvalue weighted by Gasteiger charge is -2.05. The van der Waals surface area contributed by atoms with Gasteiger partial charge in [0.2, 0.25) is 0 Å². The average molecular weight is 300 g/mol. The molecule has 0 amide bonds. The second kappa shape index (κ2) is 11.4. The molecule has 1 fully saturated rings. The SMILES string of the molecule is CC(C)CCCCCCCCCCCCCCC1(O)OO1. The average Bonchev–Trinajstić information content (AvgIpc) is 3.17. The van der Waals surface area contributed by atoms with Crippen LogP contribution in [0.25, 0.3) is 0 Å². The molecule has 0 aliphatic carbocycles. The van der Waals surface area contributed by atoms with Gasteiger partial charge >= 0.3 is 5.97 Å². The van der Waals surface area contributed by atoms with Gasteiger partial charge in [0.15, 0.2) is 0 Å². The summed E-state index contributed by atoms with van der Waals surface area (Å²) in [5.41, 5.74) is 0. The van der Waals surface area contributed by atoms with Gasteiger partial charge in [-0.1, -0.05) is 90.9 Å². The summed E-state index contributed by atoms with van der Waals surface area (Å²) in [6.45, 7) is 4.63. The first kappa shape index (κ1) is 18.9. The largest absolute Gasteiger partial charge is 0.340 e. The van der Waals surface area contributed by atoms with Crippen LogP contribution in [-0.2, 0) is 9.78 Å². The molecule has 0 atom stereocenters. The van der Waals surface area contributed by atoms with Crippen LogP contribution >= 0.6 is 0 Å². The fraction of sp³-hybridized carbons (Fsp3) is 1.00. The van der Waals surface area contributed by atoms with Gasteiger partial charge in [0.25, 0.3) is 0 Å². The van der Waals surface area contributed by atoms with Crippen LogP contribution in [0.1, 0.15) is 104 Å². The Morgan fingerprint density at radius 1 is 0.667 bits per heavy atom. The summed E-state index contributed by atoms with van der Waals surface area (Å²) in [6, 6.07) is 0. The van der Waals surface area contributed by atoms with E-state index in [1.165, 1.54) is 77.0 Å². The summed E-state index contributed by atoms with van der Waals surface area (Å²) in [4.78, 5) is 8.94. The predicted octanol–water partition coefficient (Wildman–Crippen LogP) is 5.71. The lowest BCUT2D eigenvalue weighted by Crippen LogP contribution is -2.07. The van der Waals surface area contributed by atoms with Crippen molar-refractivity contribution in [2.24, 2.45) is 5.92 Å². The zero-order valence-electron chi connectivity index (χ0n) is 14.2. The fourth-order valence-corrected chi connectivity index (χ4v) is 2.80. The van der Waals surface area contributed by atoms with Crippen molar-refractivity contribution >= 4 is 0 Å². The molecular weight excluding hydrogens is 264 g/mol. The first-order valence-corrected chi connectivity index (χ1v) is 9.22. The molecule has 1 aliphatic heterocycles. The molecule has 3 heteroatoms. The Bertz CT molecular complexity index is 237. The summed E-state index contributed by atoms with van der Waals surface area (Å²) in [5.74, 6) is -0.341. The number of hydrogen-bond acceptors (Lipinski definition) is 3. The molecule has 1 N–H and O–H groups in total. The fourth-order valence-electron chi connectivity index (χ4n) is 2.80. The van der Waals surface area contributed by atoms with E-state index in [2.05, 4.69) is 23.6 Å². The van der Waals surface area contributed by atoms with Crippen molar-refractivity contribution in [3.8, 4) is 0 Å². The number of hydrogen-bond donors (Lipinski definition) is 1. The second-order valence-corrected chi connectivity index (χ2v) is 7.05. The third-order valence-electron chi connectivity index (χ3n) is 4.30. The number of rotatable bonds is 15. The van der Waals surface area contributed by atoms with Gasteiger partial charge in [-0.05, 0) is 12.3 Å². The topological polar surface area (TPSA) is 45.3 Å². The molecule has 3 nitrogen and oxygen atoms in total. The number of aliphatic hydroxyl groups is 1. The standard InChI is InChI=1S/C18H36O3/c1-17(2)15-13-11-9-7-5-3-4-6-8-10-12-14-16-18(19)20-21-18/h17,19H,3-16H2,1-2H3. The van der Waals surface area contributed by atoms with Crippen molar-refractivity contribution in [2.45, 2.75) is 110 Å². The molecule has 1 heterocycles. The Labute approximate surface area is 131 Å². The van der Waals surface area contributed by atoms with Crippen molar-refractivity contribution in [3.05, 3.63) is 0 Å². The van der Waals surface area contributed by atoms with E-state index in [0.29, 0.717) is 6.42 Å². The number of unbranched alkanes of at least 4 members (excludes halogenated alkanes) is 11. The zero-order chi connectivity index (χ0) is 15.4. The minimum absolute atomic E-state index is 0.615. The molecule has 0 bridgehead atoms. The lowest BCUT2D eigenvalue weighted by molar-refractivity contribution is 0.0191. The van der Waals surface area contributed by atoms with Gasteiger partial charge in [0, 0.05) is 6.42 Å². The van der Waals surface area contributed by atoms with Crippen LogP contribution in [-0.4, -0.2) is 11.1 Å². The molecule has 1 rings (SSSR count). The third kappa shape index (κ3) is 12.1. The highest BCUT2D eigenvalue weighted by molar-refractivity contribution is 4.58. The quantitative estimate of drug-likeness (QED) is 0.239. The highest BCUT2D eigenvalue weighted by Crippen LogP contribution is 2.31. The van der Waals surface area contributed by atoms with Gasteiger partial charge in [-0.2, -0.15) is 9.78 Å². The normalized spacial score (nSPS) is 16.6. The monoisotopic (exact) mass is 300 g/mol. The molecular formula is C18H36O3. The van der Waals surface area contributed by atoms with Gasteiger partial charge in [-0.3, -0.25) is 0 Å². The zero-order valence-corrected chi connectivity index (χ0v) is 14.2. The first-order valence-electron chi connectivity index (χ1n) is 9.22. The van der Waals surface area contributed by atoms with Gasteiger partial charge in [0.05, 0.1) is 0 Å². The summed E-state index contributed by atoms with van der Waals surface area (Å²) >= 11 is 0. The Morgan fingerprint density at radius 3 is 1.43 bits per heavy atom. The van der Waals surface area contributed by atoms with Crippen molar-refractivity contribution in [2.75, 3.05) is 0 Å². The van der Waals surface area contributed by atoms with Gasteiger partial charge in [-0.25, -0.2) is 0 Å². The van der Waals surface area contributed by atoms with Crippen molar-refractivity contribution < 1.29 is 14.9 Å². The second-order valence-electron chi connectivity index (χ2n) is 7.05. The maximum atomic E-state index is 9.29. The van der Waals surface area contributed by atoms with Crippen LogP contribution in [0, 0.1) is 5.92 Å². The Balaban J connectivity index is 1.65. The predicted molar refractivity (Wildman–Crippen MR) is 86.6 cm³/mol.